The Morgan fingerprint density at radius 2 is 1.91 bits per heavy atom. The number of anilines is 2. The van der Waals surface area contributed by atoms with Crippen molar-refractivity contribution in [1.29, 1.82) is 0 Å². The molecule has 8 heteroatoms. The number of fused-ring (bicyclic) bond motifs is 1. The smallest absolute Gasteiger partial charge is 0.324 e. The van der Waals surface area contributed by atoms with E-state index in [0.717, 1.165) is 16.4 Å². The second-order valence-electron chi connectivity index (χ2n) is 4.62. The first kappa shape index (κ1) is 14.6. The second kappa shape index (κ2) is 5.45. The van der Waals surface area contributed by atoms with Crippen molar-refractivity contribution < 1.29 is 21.9 Å². The van der Waals surface area contributed by atoms with Crippen LogP contribution >= 0.6 is 0 Å². The van der Waals surface area contributed by atoms with Crippen molar-refractivity contribution in [2.75, 3.05) is 22.2 Å². The summed E-state index contributed by atoms with van der Waals surface area (Å²) in [7, 11) is -4.04. The number of rotatable bonds is 3. The highest BCUT2D eigenvalue weighted by Crippen LogP contribution is 2.33. The molecular weight excluding hydrogens is 314 g/mol. The molecule has 0 atom stereocenters. The fourth-order valence-corrected chi connectivity index (χ4v) is 3.44. The van der Waals surface area contributed by atoms with E-state index in [-0.39, 0.29) is 18.8 Å². The maximum absolute atomic E-state index is 13.6. The normalized spacial score (nSPS) is 14.2. The van der Waals surface area contributed by atoms with Gasteiger partial charge in [-0.2, -0.15) is 8.42 Å². The monoisotopic (exact) mass is 326 g/mol. The van der Waals surface area contributed by atoms with E-state index in [9.17, 15) is 17.2 Å². The average Bonchev–Trinajstić information content (AvgIpc) is 2.49. The Morgan fingerprint density at radius 3 is 2.68 bits per heavy atom. The molecule has 5 nitrogen and oxygen atoms in total. The lowest BCUT2D eigenvalue weighted by Gasteiger charge is -2.30. The van der Waals surface area contributed by atoms with Gasteiger partial charge in [0.05, 0.1) is 17.9 Å². The van der Waals surface area contributed by atoms with Crippen LogP contribution in [0.5, 0.6) is 5.75 Å². The fourth-order valence-electron chi connectivity index (χ4n) is 2.16. The van der Waals surface area contributed by atoms with Gasteiger partial charge in [0, 0.05) is 6.07 Å². The third-order valence-electron chi connectivity index (χ3n) is 3.15. The lowest BCUT2D eigenvalue weighted by Crippen LogP contribution is -2.41. The maximum atomic E-state index is 13.6. The molecule has 1 aliphatic heterocycles. The van der Waals surface area contributed by atoms with Gasteiger partial charge in [-0.15, -0.1) is 0 Å². The van der Waals surface area contributed by atoms with E-state index in [1.165, 1.54) is 0 Å². The van der Waals surface area contributed by atoms with Crippen molar-refractivity contribution >= 4 is 21.6 Å². The summed E-state index contributed by atoms with van der Waals surface area (Å²) in [6.07, 6.45) is 0. The highest BCUT2D eigenvalue weighted by molar-refractivity contribution is 7.94. The maximum Gasteiger partial charge on any atom is 0.324 e. The summed E-state index contributed by atoms with van der Waals surface area (Å²) in [6.45, 7) is 0.277. The number of hydrogen-bond donors (Lipinski definition) is 1. The summed E-state index contributed by atoms with van der Waals surface area (Å²) in [4.78, 5) is 0. The molecule has 2 aromatic rings. The molecule has 3 rings (SSSR count). The number of halogens is 2. The van der Waals surface area contributed by atoms with Crippen molar-refractivity contribution in [3.8, 4) is 5.75 Å². The van der Waals surface area contributed by atoms with E-state index >= 15 is 0 Å². The minimum Gasteiger partial charge on any atom is -0.489 e. The van der Waals surface area contributed by atoms with Gasteiger partial charge in [0.15, 0.2) is 0 Å². The predicted octanol–water partition coefficient (Wildman–Crippen LogP) is 2.52. The summed E-state index contributed by atoms with van der Waals surface area (Å²) in [5.74, 6) is -1.33. The first-order chi connectivity index (χ1) is 10.5. The molecule has 2 aromatic carbocycles. The van der Waals surface area contributed by atoms with Crippen molar-refractivity contribution in [2.24, 2.45) is 0 Å². The largest absolute Gasteiger partial charge is 0.489 e. The van der Waals surface area contributed by atoms with E-state index < -0.39 is 21.8 Å². The van der Waals surface area contributed by atoms with Crippen molar-refractivity contribution in [3.63, 3.8) is 0 Å². The van der Waals surface area contributed by atoms with Crippen molar-refractivity contribution in [3.05, 3.63) is 54.1 Å². The molecule has 0 bridgehead atoms. The average molecular weight is 326 g/mol. The van der Waals surface area contributed by atoms with E-state index in [1.54, 1.807) is 24.3 Å². The van der Waals surface area contributed by atoms with Crippen molar-refractivity contribution in [1.82, 2.24) is 0 Å². The van der Waals surface area contributed by atoms with Crippen LogP contribution in [0, 0.1) is 11.6 Å². The number of benzene rings is 2. The first-order valence-corrected chi connectivity index (χ1v) is 7.89. The standard InChI is InChI=1S/C14H12F2N2O3S/c15-10-5-6-12(11(16)9-10)17-22(19,20)18-7-8-21-14-4-2-1-3-13(14)18/h1-6,9,17H,7-8H2. The zero-order chi connectivity index (χ0) is 15.7. The summed E-state index contributed by atoms with van der Waals surface area (Å²) < 4.78 is 60.0. The molecule has 0 spiro atoms. The van der Waals surface area contributed by atoms with E-state index in [4.69, 9.17) is 4.74 Å². The highest BCUT2D eigenvalue weighted by Gasteiger charge is 2.28. The minimum atomic E-state index is -4.04. The van der Waals surface area contributed by atoms with Crippen LogP contribution in [0.4, 0.5) is 20.2 Å². The van der Waals surface area contributed by atoms with Crippen LogP contribution in [0.3, 0.4) is 0 Å². The molecule has 0 saturated carbocycles. The van der Waals surface area contributed by atoms with Gasteiger partial charge >= 0.3 is 10.2 Å². The molecular formula is C14H12F2N2O3S. The molecule has 116 valence electrons. The summed E-state index contributed by atoms with van der Waals surface area (Å²) in [5.41, 5.74) is 0.0501. The number of ether oxygens (including phenoxy) is 1. The molecule has 22 heavy (non-hydrogen) atoms. The summed E-state index contributed by atoms with van der Waals surface area (Å²) >= 11 is 0. The van der Waals surface area contributed by atoms with Crippen LogP contribution in [0.15, 0.2) is 42.5 Å². The van der Waals surface area contributed by atoms with Crippen LogP contribution < -0.4 is 13.8 Å². The molecule has 0 radical (unpaired) electrons. The van der Waals surface area contributed by atoms with E-state index in [1.807, 2.05) is 0 Å². The Labute approximate surface area is 126 Å². The lowest BCUT2D eigenvalue weighted by atomic mass is 10.2. The Bertz CT molecular complexity index is 811. The Hall–Kier alpha value is -2.35. The number of nitrogens with one attached hydrogen (secondary N) is 1. The third-order valence-corrected chi connectivity index (χ3v) is 4.58. The summed E-state index contributed by atoms with van der Waals surface area (Å²) in [6, 6.07) is 9.27. The zero-order valence-electron chi connectivity index (χ0n) is 11.3. The van der Waals surface area contributed by atoms with Gasteiger partial charge in [0.1, 0.15) is 24.0 Å². The van der Waals surface area contributed by atoms with Gasteiger partial charge in [0.2, 0.25) is 0 Å². The van der Waals surface area contributed by atoms with Crippen LogP contribution in [0.25, 0.3) is 0 Å². The van der Waals surface area contributed by atoms with Crippen molar-refractivity contribution in [2.45, 2.75) is 0 Å². The SMILES string of the molecule is O=S(=O)(Nc1ccc(F)cc1F)N1CCOc2ccccc21. The topological polar surface area (TPSA) is 58.6 Å². The second-order valence-corrected chi connectivity index (χ2v) is 6.21. The fraction of sp³-hybridized carbons (Fsp3) is 0.143. The highest BCUT2D eigenvalue weighted by atomic mass is 32.2. The van der Waals surface area contributed by atoms with Gasteiger partial charge in [-0.3, -0.25) is 4.72 Å². The van der Waals surface area contributed by atoms with Gasteiger partial charge in [-0.05, 0) is 24.3 Å². The van der Waals surface area contributed by atoms with Gasteiger partial charge in [0.25, 0.3) is 0 Å². The number of nitrogens with zero attached hydrogens (tertiary/aromatic N) is 1. The van der Waals surface area contributed by atoms with E-state index in [2.05, 4.69) is 4.72 Å². The number of hydrogen-bond acceptors (Lipinski definition) is 3. The van der Waals surface area contributed by atoms with Crippen LogP contribution in [0.2, 0.25) is 0 Å². The quantitative estimate of drug-likeness (QED) is 0.943. The molecule has 0 unspecified atom stereocenters. The molecule has 1 heterocycles. The molecule has 0 aliphatic carbocycles. The third kappa shape index (κ3) is 2.69. The zero-order valence-corrected chi connectivity index (χ0v) is 12.1. The van der Waals surface area contributed by atoms with E-state index in [0.29, 0.717) is 17.5 Å². The Balaban J connectivity index is 1.94. The number of para-hydroxylation sites is 2. The summed E-state index contributed by atoms with van der Waals surface area (Å²) in [5, 5.41) is 0. The minimum absolute atomic E-state index is 0.0924. The molecule has 0 saturated heterocycles. The van der Waals surface area contributed by atoms with Crippen LogP contribution in [0.1, 0.15) is 0 Å². The first-order valence-electron chi connectivity index (χ1n) is 6.45. The molecule has 0 fully saturated rings. The van der Waals surface area contributed by atoms with Gasteiger partial charge < -0.3 is 4.74 Å². The van der Waals surface area contributed by atoms with Gasteiger partial charge in [-0.25, -0.2) is 13.1 Å². The molecule has 0 aromatic heterocycles. The van der Waals surface area contributed by atoms with Crippen LogP contribution in [-0.4, -0.2) is 21.6 Å². The van der Waals surface area contributed by atoms with Gasteiger partial charge in [-0.1, -0.05) is 12.1 Å². The molecule has 1 aliphatic rings. The van der Waals surface area contributed by atoms with Crippen LogP contribution in [-0.2, 0) is 10.2 Å². The molecule has 1 N–H and O–H groups in total. The Kier molecular flexibility index (Phi) is 3.61. The predicted molar refractivity (Wildman–Crippen MR) is 78.2 cm³/mol. The lowest BCUT2D eigenvalue weighted by molar-refractivity contribution is 0.316. The molecule has 0 amide bonds. The Morgan fingerprint density at radius 1 is 1.14 bits per heavy atom.